The number of aliphatic imine (C=N–C) groups is 1. The minimum Gasteiger partial charge on any atom is -0.494 e. The zero-order valence-electron chi connectivity index (χ0n) is 20.1. The summed E-state index contributed by atoms with van der Waals surface area (Å²) in [7, 11) is 0. The maximum absolute atomic E-state index is 14.0. The number of aromatic nitrogens is 1. The number of hydrogen-bond acceptors (Lipinski definition) is 6. The summed E-state index contributed by atoms with van der Waals surface area (Å²) >= 11 is 0.750. The first kappa shape index (κ1) is 25.2. The Morgan fingerprint density at radius 3 is 2.34 bits per heavy atom. The number of carbonyl (C=O) groups excluding carboxylic acids is 2. The summed E-state index contributed by atoms with van der Waals surface area (Å²) in [6.45, 7) is 0.275. The molecule has 0 radical (unpaired) electrons. The molecule has 38 heavy (non-hydrogen) atoms. The van der Waals surface area contributed by atoms with E-state index in [0.29, 0.717) is 16.3 Å². The van der Waals surface area contributed by atoms with Gasteiger partial charge in [-0.25, -0.2) is 4.39 Å². The van der Waals surface area contributed by atoms with Gasteiger partial charge in [-0.15, -0.1) is 0 Å². The molecule has 0 unspecified atom stereocenters. The van der Waals surface area contributed by atoms with Gasteiger partial charge < -0.3 is 5.11 Å². The van der Waals surface area contributed by atoms with Gasteiger partial charge in [0, 0.05) is 29.1 Å². The second kappa shape index (κ2) is 10.9. The first-order valence-corrected chi connectivity index (χ1v) is 12.6. The van der Waals surface area contributed by atoms with Gasteiger partial charge in [-0.05, 0) is 35.5 Å². The highest BCUT2D eigenvalue weighted by Gasteiger charge is 2.34. The largest absolute Gasteiger partial charge is 0.494 e. The molecule has 5 rings (SSSR count). The molecule has 0 bridgehead atoms. The Hall–Kier alpha value is -4.50. The molecule has 1 fully saturated rings. The standard InChI is InChI=1S/C29H22FN3O4S/c30-24-13-7-4-10-20(24)16-25-28(36)32(29(37)38-25)15-14-31-17-23-21-11-5-6-12-22(21)26(34)33(27(23)35)18-19-8-2-1-3-9-19/h1-13,16-17,35H,14-15,18H2/b25-16-,31-17?. The van der Waals surface area contributed by atoms with E-state index < -0.39 is 17.0 Å². The van der Waals surface area contributed by atoms with Crippen molar-refractivity contribution in [2.45, 2.75) is 6.54 Å². The Morgan fingerprint density at radius 2 is 1.58 bits per heavy atom. The minimum atomic E-state index is -0.511. The molecule has 190 valence electrons. The molecule has 2 heterocycles. The molecule has 1 saturated heterocycles. The SMILES string of the molecule is O=C1S/C(=C\c2ccccc2F)C(=O)N1CCN=Cc1c(O)n(Cc2ccccc2)c(=O)c2ccccc12. The number of thioether (sulfide) groups is 1. The highest BCUT2D eigenvalue weighted by molar-refractivity contribution is 8.18. The summed E-state index contributed by atoms with van der Waals surface area (Å²) in [5.41, 5.74) is 1.12. The number of pyridine rings is 1. The number of amides is 2. The Bertz CT molecular complexity index is 1660. The van der Waals surface area contributed by atoms with Crippen LogP contribution in [0.5, 0.6) is 5.88 Å². The highest BCUT2D eigenvalue weighted by Crippen LogP contribution is 2.32. The molecule has 0 saturated carbocycles. The second-order valence-electron chi connectivity index (χ2n) is 8.55. The lowest BCUT2D eigenvalue weighted by molar-refractivity contribution is -0.122. The van der Waals surface area contributed by atoms with Crippen LogP contribution in [0, 0.1) is 5.82 Å². The Morgan fingerprint density at radius 1 is 0.895 bits per heavy atom. The maximum Gasteiger partial charge on any atom is 0.293 e. The quantitative estimate of drug-likeness (QED) is 0.268. The number of fused-ring (bicyclic) bond motifs is 1. The molecular weight excluding hydrogens is 505 g/mol. The van der Waals surface area contributed by atoms with Gasteiger partial charge in [-0.2, -0.15) is 0 Å². The summed E-state index contributed by atoms with van der Waals surface area (Å²) in [6, 6.07) is 22.3. The Labute approximate surface area is 221 Å². The van der Waals surface area contributed by atoms with Gasteiger partial charge in [0.15, 0.2) is 0 Å². The van der Waals surface area contributed by atoms with Crippen molar-refractivity contribution < 1.29 is 19.1 Å². The van der Waals surface area contributed by atoms with Crippen molar-refractivity contribution in [3.63, 3.8) is 0 Å². The topological polar surface area (TPSA) is 92.0 Å². The zero-order chi connectivity index (χ0) is 26.6. The molecule has 0 aliphatic carbocycles. The monoisotopic (exact) mass is 527 g/mol. The molecule has 1 N–H and O–H groups in total. The second-order valence-corrected chi connectivity index (χ2v) is 9.54. The first-order chi connectivity index (χ1) is 18.4. The lowest BCUT2D eigenvalue weighted by atomic mass is 10.1. The van der Waals surface area contributed by atoms with Crippen molar-refractivity contribution in [1.29, 1.82) is 0 Å². The van der Waals surface area contributed by atoms with Gasteiger partial charge >= 0.3 is 0 Å². The Balaban J connectivity index is 1.37. The number of nitrogens with zero attached hydrogens (tertiary/aromatic N) is 3. The van der Waals surface area contributed by atoms with E-state index in [9.17, 15) is 23.9 Å². The van der Waals surface area contributed by atoms with Gasteiger partial charge in [0.25, 0.3) is 16.7 Å². The molecule has 9 heteroatoms. The van der Waals surface area contributed by atoms with Gasteiger partial charge in [-0.1, -0.05) is 66.7 Å². The molecule has 4 aromatic rings. The maximum atomic E-state index is 14.0. The zero-order valence-corrected chi connectivity index (χ0v) is 20.9. The molecule has 1 aliphatic rings. The van der Waals surface area contributed by atoms with Crippen LogP contribution in [-0.4, -0.2) is 45.0 Å². The van der Waals surface area contributed by atoms with Crippen LogP contribution in [0.15, 0.2) is 93.6 Å². The average Bonchev–Trinajstić information content (AvgIpc) is 3.19. The number of halogens is 1. The fourth-order valence-electron chi connectivity index (χ4n) is 4.19. The number of aromatic hydroxyl groups is 1. The highest BCUT2D eigenvalue weighted by atomic mass is 32.2. The third-order valence-electron chi connectivity index (χ3n) is 6.11. The molecule has 1 aromatic heterocycles. The molecule has 1 aliphatic heterocycles. The summed E-state index contributed by atoms with van der Waals surface area (Å²) < 4.78 is 15.3. The summed E-state index contributed by atoms with van der Waals surface area (Å²) in [4.78, 5) is 43.8. The summed E-state index contributed by atoms with van der Waals surface area (Å²) in [6.07, 6.45) is 2.82. The van der Waals surface area contributed by atoms with Crippen molar-refractivity contribution in [1.82, 2.24) is 9.47 Å². The molecule has 7 nitrogen and oxygen atoms in total. The lowest BCUT2D eigenvalue weighted by Gasteiger charge is -2.14. The molecule has 0 spiro atoms. The van der Waals surface area contributed by atoms with Crippen LogP contribution in [-0.2, 0) is 11.3 Å². The number of imide groups is 1. The smallest absolute Gasteiger partial charge is 0.293 e. The molecule has 0 atom stereocenters. The van der Waals surface area contributed by atoms with E-state index in [1.165, 1.54) is 29.0 Å². The predicted octanol–water partition coefficient (Wildman–Crippen LogP) is 5.05. The number of rotatable bonds is 7. The van der Waals surface area contributed by atoms with Crippen LogP contribution >= 0.6 is 11.8 Å². The van der Waals surface area contributed by atoms with Crippen molar-refractivity contribution >= 4 is 46.0 Å². The van der Waals surface area contributed by atoms with Gasteiger partial charge in [0.05, 0.1) is 23.6 Å². The number of hydrogen-bond donors (Lipinski definition) is 1. The van der Waals surface area contributed by atoms with Gasteiger partial charge in [-0.3, -0.25) is 28.8 Å². The fourth-order valence-corrected chi connectivity index (χ4v) is 5.05. The van der Waals surface area contributed by atoms with Crippen LogP contribution in [0.1, 0.15) is 16.7 Å². The van der Waals surface area contributed by atoms with E-state index in [1.54, 1.807) is 36.4 Å². The van der Waals surface area contributed by atoms with E-state index in [4.69, 9.17) is 0 Å². The molecular formula is C29H22FN3O4S. The summed E-state index contributed by atoms with van der Waals surface area (Å²) in [5.74, 6) is -1.21. The van der Waals surface area contributed by atoms with Gasteiger partial charge in [0.2, 0.25) is 5.88 Å². The normalized spacial score (nSPS) is 14.9. The van der Waals surface area contributed by atoms with Crippen LogP contribution in [0.3, 0.4) is 0 Å². The van der Waals surface area contributed by atoms with Crippen molar-refractivity contribution in [2.75, 3.05) is 13.1 Å². The summed E-state index contributed by atoms with van der Waals surface area (Å²) in [5, 5.41) is 11.6. The number of benzene rings is 3. The van der Waals surface area contributed by atoms with Crippen LogP contribution in [0.4, 0.5) is 9.18 Å². The number of carbonyl (C=O) groups is 2. The lowest BCUT2D eigenvalue weighted by Crippen LogP contribution is -2.30. The van der Waals surface area contributed by atoms with Crippen LogP contribution in [0.2, 0.25) is 0 Å². The van der Waals surface area contributed by atoms with E-state index in [1.807, 2.05) is 30.3 Å². The fraction of sp³-hybridized carbons (Fsp3) is 0.103. The van der Waals surface area contributed by atoms with E-state index in [-0.39, 0.29) is 41.5 Å². The average molecular weight is 528 g/mol. The van der Waals surface area contributed by atoms with Crippen molar-refractivity contribution in [2.24, 2.45) is 4.99 Å². The predicted molar refractivity (Wildman–Crippen MR) is 147 cm³/mol. The first-order valence-electron chi connectivity index (χ1n) is 11.8. The molecule has 3 aromatic carbocycles. The van der Waals surface area contributed by atoms with Crippen LogP contribution < -0.4 is 5.56 Å². The Kier molecular flexibility index (Phi) is 7.19. The van der Waals surface area contributed by atoms with Crippen LogP contribution in [0.25, 0.3) is 16.8 Å². The minimum absolute atomic E-state index is 0.0120. The third kappa shape index (κ3) is 5.01. The van der Waals surface area contributed by atoms with Crippen molar-refractivity contribution in [3.05, 3.63) is 117 Å². The van der Waals surface area contributed by atoms with Crippen molar-refractivity contribution in [3.8, 4) is 5.88 Å². The third-order valence-corrected chi connectivity index (χ3v) is 7.02. The van der Waals surface area contributed by atoms with E-state index >= 15 is 0 Å². The van der Waals surface area contributed by atoms with Gasteiger partial charge in [0.1, 0.15) is 5.82 Å². The van der Waals surface area contributed by atoms with E-state index in [0.717, 1.165) is 22.2 Å². The molecule has 2 amide bonds. The van der Waals surface area contributed by atoms with E-state index in [2.05, 4.69) is 4.99 Å².